The summed E-state index contributed by atoms with van der Waals surface area (Å²) in [6.07, 6.45) is 2.30. The molecule has 0 aromatic heterocycles. The van der Waals surface area contributed by atoms with E-state index in [9.17, 15) is 14.4 Å². The van der Waals surface area contributed by atoms with Gasteiger partial charge in [-0.05, 0) is 42.7 Å². The summed E-state index contributed by atoms with van der Waals surface area (Å²) in [5.74, 6) is -0.664. The Morgan fingerprint density at radius 3 is 2.36 bits per heavy atom. The second kappa shape index (κ2) is 12.5. The van der Waals surface area contributed by atoms with E-state index in [-0.39, 0.29) is 18.1 Å². The highest BCUT2D eigenvalue weighted by atomic mass is 35.5. The molecule has 9 heteroatoms. The van der Waals surface area contributed by atoms with Crippen LogP contribution in [0.3, 0.4) is 0 Å². The van der Waals surface area contributed by atoms with Crippen LogP contribution in [0.25, 0.3) is 0 Å². The number of benzene rings is 2. The third-order valence-corrected chi connectivity index (χ3v) is 6.38. The fraction of sp³-hybridized carbons (Fsp3) is 0.375. The molecule has 2 aromatic carbocycles. The summed E-state index contributed by atoms with van der Waals surface area (Å²) in [6.45, 7) is 2.21. The van der Waals surface area contributed by atoms with E-state index in [0.717, 1.165) is 5.69 Å². The number of ether oxygens (including phenoxy) is 1. The second-order valence-corrected chi connectivity index (χ2v) is 8.99. The molecular formula is C24H28ClN3O4S. The maximum Gasteiger partial charge on any atom is 0.329 e. The van der Waals surface area contributed by atoms with Crippen molar-refractivity contribution in [3.8, 4) is 0 Å². The van der Waals surface area contributed by atoms with Crippen molar-refractivity contribution >= 4 is 46.8 Å². The predicted octanol–water partition coefficient (Wildman–Crippen LogP) is 3.08. The van der Waals surface area contributed by atoms with E-state index in [1.165, 1.54) is 0 Å². The number of esters is 1. The maximum atomic E-state index is 12.7. The molecule has 1 aliphatic heterocycles. The lowest BCUT2D eigenvalue weighted by Gasteiger charge is -2.36. The molecule has 0 saturated carbocycles. The highest BCUT2D eigenvalue weighted by Gasteiger charge is 2.26. The second-order valence-electron chi connectivity index (χ2n) is 7.60. The monoisotopic (exact) mass is 489 g/mol. The van der Waals surface area contributed by atoms with Gasteiger partial charge in [0.15, 0.2) is 6.61 Å². The SMILES string of the molecule is CSCCC(NC(=O)c1ccccc1Cl)C(=O)OCC(=O)N1CCN(c2ccccc2)CC1. The van der Waals surface area contributed by atoms with Gasteiger partial charge in [0.05, 0.1) is 10.6 Å². The molecule has 0 aliphatic carbocycles. The van der Waals surface area contributed by atoms with Crippen LogP contribution < -0.4 is 10.2 Å². The predicted molar refractivity (Wildman–Crippen MR) is 132 cm³/mol. The Morgan fingerprint density at radius 1 is 1.03 bits per heavy atom. The first-order chi connectivity index (χ1) is 16.0. The van der Waals surface area contributed by atoms with Crippen LogP contribution in [0.4, 0.5) is 5.69 Å². The van der Waals surface area contributed by atoms with E-state index in [0.29, 0.717) is 43.4 Å². The first kappa shape index (κ1) is 24.9. The van der Waals surface area contributed by atoms with Gasteiger partial charge >= 0.3 is 5.97 Å². The number of thioether (sulfide) groups is 1. The Balaban J connectivity index is 1.50. The quantitative estimate of drug-likeness (QED) is 0.545. The first-order valence-corrected chi connectivity index (χ1v) is 12.6. The molecule has 1 heterocycles. The molecule has 1 saturated heterocycles. The largest absolute Gasteiger partial charge is 0.454 e. The summed E-state index contributed by atoms with van der Waals surface area (Å²) >= 11 is 7.64. The van der Waals surface area contributed by atoms with Gasteiger partial charge in [-0.2, -0.15) is 11.8 Å². The number of hydrogen-bond donors (Lipinski definition) is 1. The number of nitrogens with one attached hydrogen (secondary N) is 1. The van der Waals surface area contributed by atoms with E-state index >= 15 is 0 Å². The van der Waals surface area contributed by atoms with Crippen LogP contribution in [0, 0.1) is 0 Å². The molecule has 0 bridgehead atoms. The van der Waals surface area contributed by atoms with Gasteiger partial charge in [-0.3, -0.25) is 9.59 Å². The highest BCUT2D eigenvalue weighted by molar-refractivity contribution is 7.98. The van der Waals surface area contributed by atoms with E-state index in [2.05, 4.69) is 10.2 Å². The molecule has 2 amide bonds. The van der Waals surface area contributed by atoms with Gasteiger partial charge in [-0.1, -0.05) is 41.9 Å². The number of rotatable bonds is 9. The van der Waals surface area contributed by atoms with Gasteiger partial charge in [-0.15, -0.1) is 0 Å². The van der Waals surface area contributed by atoms with Gasteiger partial charge in [-0.25, -0.2) is 4.79 Å². The Bertz CT molecular complexity index is 952. The van der Waals surface area contributed by atoms with Crippen LogP contribution >= 0.6 is 23.4 Å². The molecule has 1 N–H and O–H groups in total. The number of hydrogen-bond acceptors (Lipinski definition) is 6. The van der Waals surface area contributed by atoms with Crippen molar-refractivity contribution in [3.05, 3.63) is 65.2 Å². The smallest absolute Gasteiger partial charge is 0.329 e. The van der Waals surface area contributed by atoms with Crippen molar-refractivity contribution in [1.29, 1.82) is 0 Å². The van der Waals surface area contributed by atoms with Crippen molar-refractivity contribution in [2.45, 2.75) is 12.5 Å². The Morgan fingerprint density at radius 2 is 1.70 bits per heavy atom. The number of carbonyl (C=O) groups is 3. The molecule has 3 rings (SSSR count). The van der Waals surface area contributed by atoms with Crippen LogP contribution in [0.1, 0.15) is 16.8 Å². The number of amides is 2. The van der Waals surface area contributed by atoms with Crippen molar-refractivity contribution in [3.63, 3.8) is 0 Å². The summed E-state index contributed by atoms with van der Waals surface area (Å²) in [6, 6.07) is 15.8. The number of halogens is 1. The summed E-state index contributed by atoms with van der Waals surface area (Å²) < 4.78 is 5.29. The number of anilines is 1. The van der Waals surface area contributed by atoms with E-state index < -0.39 is 17.9 Å². The van der Waals surface area contributed by atoms with Crippen LogP contribution in [0.5, 0.6) is 0 Å². The zero-order valence-corrected chi connectivity index (χ0v) is 20.1. The third-order valence-electron chi connectivity index (χ3n) is 5.41. The topological polar surface area (TPSA) is 78.9 Å². The number of carbonyl (C=O) groups excluding carboxylic acids is 3. The standard InChI is InChI=1S/C24H28ClN3O4S/c1-33-16-11-21(26-23(30)19-9-5-6-10-20(19)25)24(31)32-17-22(29)28-14-12-27(13-15-28)18-7-3-2-4-8-18/h2-10,21H,11-17H2,1H3,(H,26,30). The highest BCUT2D eigenvalue weighted by Crippen LogP contribution is 2.17. The van der Waals surface area contributed by atoms with Crippen LogP contribution in [-0.2, 0) is 14.3 Å². The molecule has 1 fully saturated rings. The molecule has 1 aliphatic rings. The number of nitrogens with zero attached hydrogens (tertiary/aromatic N) is 2. The van der Waals surface area contributed by atoms with Gasteiger partial charge in [0.25, 0.3) is 11.8 Å². The summed E-state index contributed by atoms with van der Waals surface area (Å²) in [5, 5.41) is 3.00. The van der Waals surface area contributed by atoms with Crippen molar-refractivity contribution in [2.75, 3.05) is 49.7 Å². The summed E-state index contributed by atoms with van der Waals surface area (Å²) in [5.41, 5.74) is 1.41. The normalized spacial score (nSPS) is 14.5. The van der Waals surface area contributed by atoms with Gasteiger partial charge < -0.3 is 19.9 Å². The molecule has 1 unspecified atom stereocenters. The lowest BCUT2D eigenvalue weighted by Crippen LogP contribution is -2.50. The van der Waals surface area contributed by atoms with E-state index in [1.807, 2.05) is 36.6 Å². The van der Waals surface area contributed by atoms with Crippen LogP contribution in [-0.4, -0.2) is 73.5 Å². The zero-order chi connectivity index (χ0) is 23.6. The fourth-order valence-corrected chi connectivity index (χ4v) is 4.24. The van der Waals surface area contributed by atoms with Gasteiger partial charge in [0.1, 0.15) is 6.04 Å². The Labute approximate surface area is 203 Å². The molecule has 7 nitrogen and oxygen atoms in total. The molecule has 2 aromatic rings. The summed E-state index contributed by atoms with van der Waals surface area (Å²) in [4.78, 5) is 41.8. The third kappa shape index (κ3) is 7.14. The maximum absolute atomic E-state index is 12.7. The van der Waals surface area contributed by atoms with Gasteiger partial charge in [0, 0.05) is 31.9 Å². The number of para-hydroxylation sites is 1. The molecule has 176 valence electrons. The molecular weight excluding hydrogens is 462 g/mol. The lowest BCUT2D eigenvalue weighted by molar-refractivity contribution is -0.153. The van der Waals surface area contributed by atoms with E-state index in [1.54, 1.807) is 40.9 Å². The minimum absolute atomic E-state index is 0.239. The molecule has 0 spiro atoms. The Hall–Kier alpha value is -2.71. The summed E-state index contributed by atoms with van der Waals surface area (Å²) in [7, 11) is 0. The van der Waals surface area contributed by atoms with Crippen LogP contribution in [0.15, 0.2) is 54.6 Å². The van der Waals surface area contributed by atoms with Crippen molar-refractivity contribution in [2.24, 2.45) is 0 Å². The fourth-order valence-electron chi connectivity index (χ4n) is 3.54. The van der Waals surface area contributed by atoms with Gasteiger partial charge in [0.2, 0.25) is 0 Å². The first-order valence-electron chi connectivity index (χ1n) is 10.8. The average Bonchev–Trinajstić information content (AvgIpc) is 2.85. The molecule has 0 radical (unpaired) electrons. The number of piperazine rings is 1. The lowest BCUT2D eigenvalue weighted by atomic mass is 10.1. The average molecular weight is 490 g/mol. The zero-order valence-electron chi connectivity index (χ0n) is 18.5. The van der Waals surface area contributed by atoms with Crippen molar-refractivity contribution < 1.29 is 19.1 Å². The minimum Gasteiger partial charge on any atom is -0.454 e. The Kier molecular flexibility index (Phi) is 9.45. The van der Waals surface area contributed by atoms with Crippen LogP contribution in [0.2, 0.25) is 5.02 Å². The van der Waals surface area contributed by atoms with Crippen molar-refractivity contribution in [1.82, 2.24) is 10.2 Å². The molecule has 1 atom stereocenters. The molecule has 33 heavy (non-hydrogen) atoms. The minimum atomic E-state index is -0.857. The van der Waals surface area contributed by atoms with E-state index in [4.69, 9.17) is 16.3 Å².